The van der Waals surface area contributed by atoms with E-state index >= 15 is 0 Å². The predicted octanol–water partition coefficient (Wildman–Crippen LogP) is 2.87. The minimum absolute atomic E-state index is 0.659. The van der Waals surface area contributed by atoms with Gasteiger partial charge in [0.25, 0.3) is 0 Å². The van der Waals surface area contributed by atoms with E-state index < -0.39 is 0 Å². The monoisotopic (exact) mass is 222 g/mol. The number of nitrogens with zero attached hydrogens (tertiary/aromatic N) is 1. The number of aromatic nitrogens is 1. The molecule has 0 amide bonds. The number of benzene rings is 1. The Bertz CT molecular complexity index is 500. The molecule has 1 heterocycles. The van der Waals surface area contributed by atoms with Crippen LogP contribution < -0.4 is 5.73 Å². The van der Waals surface area contributed by atoms with Crippen LogP contribution in [0, 0.1) is 13.8 Å². The van der Waals surface area contributed by atoms with E-state index in [9.17, 15) is 0 Å². The molecule has 3 heteroatoms. The van der Waals surface area contributed by atoms with Crippen molar-refractivity contribution in [1.29, 1.82) is 0 Å². The van der Waals surface area contributed by atoms with Crippen LogP contribution in [-0.4, -0.2) is 11.1 Å². The molecule has 0 saturated heterocycles. The van der Waals surface area contributed by atoms with E-state index in [4.69, 9.17) is 17.3 Å². The van der Waals surface area contributed by atoms with Gasteiger partial charge in [-0.05, 0) is 37.6 Å². The Labute approximate surface area is 94.6 Å². The molecule has 0 unspecified atom stereocenters. The largest absolute Gasteiger partial charge is 0.343 e. The number of hydrogen-bond donors (Lipinski definition) is 1. The Morgan fingerprint density at radius 2 is 2.07 bits per heavy atom. The molecule has 1 aromatic heterocycles. The van der Waals surface area contributed by atoms with Crippen molar-refractivity contribution < 1.29 is 0 Å². The Kier molecular flexibility index (Phi) is 2.72. The highest BCUT2D eigenvalue weighted by Crippen LogP contribution is 2.27. The molecule has 0 bridgehead atoms. The summed E-state index contributed by atoms with van der Waals surface area (Å²) in [4.78, 5) is 0. The molecular formula is C12H15ClN2. The maximum atomic E-state index is 6.00. The fourth-order valence-electron chi connectivity index (χ4n) is 2.04. The molecule has 15 heavy (non-hydrogen) atoms. The topological polar surface area (TPSA) is 30.9 Å². The summed E-state index contributed by atoms with van der Waals surface area (Å²) in [6.45, 7) is 5.77. The van der Waals surface area contributed by atoms with Gasteiger partial charge in [-0.15, -0.1) is 0 Å². The van der Waals surface area contributed by atoms with Crippen LogP contribution in [0.25, 0.3) is 10.9 Å². The average molecular weight is 223 g/mol. The van der Waals surface area contributed by atoms with Crippen molar-refractivity contribution in [2.75, 3.05) is 6.54 Å². The minimum Gasteiger partial charge on any atom is -0.343 e. The summed E-state index contributed by atoms with van der Waals surface area (Å²) < 4.78 is 2.25. The van der Waals surface area contributed by atoms with Gasteiger partial charge in [0, 0.05) is 34.7 Å². The number of hydrogen-bond acceptors (Lipinski definition) is 1. The lowest BCUT2D eigenvalue weighted by Crippen LogP contribution is -2.10. The normalized spacial score (nSPS) is 11.2. The zero-order valence-corrected chi connectivity index (χ0v) is 9.80. The third kappa shape index (κ3) is 1.64. The van der Waals surface area contributed by atoms with Gasteiger partial charge in [-0.3, -0.25) is 0 Å². The second kappa shape index (κ2) is 3.87. The second-order valence-electron chi connectivity index (χ2n) is 3.81. The molecule has 2 aromatic rings. The molecule has 0 radical (unpaired) electrons. The fraction of sp³-hybridized carbons (Fsp3) is 0.333. The molecule has 2 N–H and O–H groups in total. The lowest BCUT2D eigenvalue weighted by atomic mass is 10.2. The first-order valence-electron chi connectivity index (χ1n) is 5.10. The molecule has 0 saturated carbocycles. The van der Waals surface area contributed by atoms with E-state index in [1.807, 2.05) is 12.1 Å². The lowest BCUT2D eigenvalue weighted by Gasteiger charge is -2.05. The molecule has 1 aromatic carbocycles. The first-order chi connectivity index (χ1) is 7.15. The Balaban J connectivity index is 2.75. The van der Waals surface area contributed by atoms with E-state index in [-0.39, 0.29) is 0 Å². The third-order valence-electron chi connectivity index (χ3n) is 2.95. The summed E-state index contributed by atoms with van der Waals surface area (Å²) in [5.41, 5.74) is 9.40. The SMILES string of the molecule is Cc1c(C)n(CCN)c2ccc(Cl)cc12. The quantitative estimate of drug-likeness (QED) is 0.833. The number of nitrogens with two attached hydrogens (primary N) is 1. The zero-order valence-electron chi connectivity index (χ0n) is 9.05. The molecule has 2 nitrogen and oxygen atoms in total. The summed E-state index contributed by atoms with van der Waals surface area (Å²) in [5.74, 6) is 0. The number of fused-ring (bicyclic) bond motifs is 1. The molecule has 0 fully saturated rings. The molecule has 0 atom stereocenters. The molecule has 0 aliphatic heterocycles. The van der Waals surface area contributed by atoms with Crippen LogP contribution in [-0.2, 0) is 6.54 Å². The summed E-state index contributed by atoms with van der Waals surface area (Å²) in [6, 6.07) is 6.01. The van der Waals surface area contributed by atoms with Gasteiger partial charge < -0.3 is 10.3 Å². The van der Waals surface area contributed by atoms with Gasteiger partial charge in [0.1, 0.15) is 0 Å². The van der Waals surface area contributed by atoms with Gasteiger partial charge in [0.2, 0.25) is 0 Å². The van der Waals surface area contributed by atoms with Gasteiger partial charge >= 0.3 is 0 Å². The van der Waals surface area contributed by atoms with E-state index in [0.717, 1.165) is 11.6 Å². The van der Waals surface area contributed by atoms with E-state index in [2.05, 4.69) is 24.5 Å². The second-order valence-corrected chi connectivity index (χ2v) is 4.25. The van der Waals surface area contributed by atoms with Crippen LogP contribution in [0.3, 0.4) is 0 Å². The van der Waals surface area contributed by atoms with Crippen LogP contribution in [0.15, 0.2) is 18.2 Å². The van der Waals surface area contributed by atoms with Crippen LogP contribution in [0.1, 0.15) is 11.3 Å². The molecule has 0 aliphatic rings. The highest BCUT2D eigenvalue weighted by atomic mass is 35.5. The molecule has 0 spiro atoms. The highest BCUT2D eigenvalue weighted by molar-refractivity contribution is 6.31. The summed E-state index contributed by atoms with van der Waals surface area (Å²) in [5, 5.41) is 2.02. The number of halogens is 1. The maximum absolute atomic E-state index is 6.00. The smallest absolute Gasteiger partial charge is 0.0486 e. The van der Waals surface area contributed by atoms with Crippen molar-refractivity contribution in [2.45, 2.75) is 20.4 Å². The van der Waals surface area contributed by atoms with Crippen molar-refractivity contribution in [3.05, 3.63) is 34.5 Å². The van der Waals surface area contributed by atoms with Crippen molar-refractivity contribution in [1.82, 2.24) is 4.57 Å². The van der Waals surface area contributed by atoms with Crippen LogP contribution >= 0.6 is 11.6 Å². The van der Waals surface area contributed by atoms with Gasteiger partial charge in [-0.1, -0.05) is 11.6 Å². The van der Waals surface area contributed by atoms with Crippen LogP contribution in [0.5, 0.6) is 0 Å². The predicted molar refractivity (Wildman–Crippen MR) is 65.5 cm³/mol. The van der Waals surface area contributed by atoms with E-state index in [1.54, 1.807) is 0 Å². The van der Waals surface area contributed by atoms with Crippen LogP contribution in [0.4, 0.5) is 0 Å². The fourth-order valence-corrected chi connectivity index (χ4v) is 2.21. The zero-order chi connectivity index (χ0) is 11.0. The third-order valence-corrected chi connectivity index (χ3v) is 3.19. The molecule has 2 rings (SSSR count). The highest BCUT2D eigenvalue weighted by Gasteiger charge is 2.09. The van der Waals surface area contributed by atoms with E-state index in [0.29, 0.717) is 6.54 Å². The average Bonchev–Trinajstić information content (AvgIpc) is 2.44. The van der Waals surface area contributed by atoms with Gasteiger partial charge in [-0.2, -0.15) is 0 Å². The number of aryl methyl sites for hydroxylation is 1. The first-order valence-corrected chi connectivity index (χ1v) is 5.48. The van der Waals surface area contributed by atoms with Crippen molar-refractivity contribution in [3.63, 3.8) is 0 Å². The summed E-state index contributed by atoms with van der Waals surface area (Å²) >= 11 is 6.00. The molecule has 0 aliphatic carbocycles. The Morgan fingerprint density at radius 1 is 1.33 bits per heavy atom. The minimum atomic E-state index is 0.659. The van der Waals surface area contributed by atoms with Crippen molar-refractivity contribution >= 4 is 22.5 Å². The standard InChI is InChI=1S/C12H15ClN2/c1-8-9(2)15(6-5-14)12-4-3-10(13)7-11(8)12/h3-4,7H,5-6,14H2,1-2H3. The van der Waals surface area contributed by atoms with Crippen molar-refractivity contribution in [3.8, 4) is 0 Å². The Hall–Kier alpha value is -0.990. The first kappa shape index (κ1) is 10.5. The number of rotatable bonds is 2. The van der Waals surface area contributed by atoms with Gasteiger partial charge in [0.15, 0.2) is 0 Å². The maximum Gasteiger partial charge on any atom is 0.0486 e. The lowest BCUT2D eigenvalue weighted by molar-refractivity contribution is 0.713. The van der Waals surface area contributed by atoms with Crippen LogP contribution in [0.2, 0.25) is 5.02 Å². The Morgan fingerprint density at radius 3 is 2.73 bits per heavy atom. The van der Waals surface area contributed by atoms with E-state index in [1.165, 1.54) is 22.2 Å². The van der Waals surface area contributed by atoms with Gasteiger partial charge in [-0.25, -0.2) is 0 Å². The van der Waals surface area contributed by atoms with Crippen molar-refractivity contribution in [2.24, 2.45) is 5.73 Å². The summed E-state index contributed by atoms with van der Waals surface area (Å²) in [6.07, 6.45) is 0. The van der Waals surface area contributed by atoms with Gasteiger partial charge in [0.05, 0.1) is 0 Å². The molecular weight excluding hydrogens is 208 g/mol. The summed E-state index contributed by atoms with van der Waals surface area (Å²) in [7, 11) is 0. The molecule has 80 valence electrons.